The Labute approximate surface area is 163 Å². The molecule has 0 saturated heterocycles. The average Bonchev–Trinajstić information content (AvgIpc) is 3.39. The number of fused-ring (bicyclic) bond motifs is 1. The predicted octanol–water partition coefficient (Wildman–Crippen LogP) is 1.70. The number of nitrogens with zero attached hydrogens (tertiary/aromatic N) is 6. The number of carbonyl (C=O) groups excluding carboxylic acids is 1. The first-order valence-electron chi connectivity index (χ1n) is 9.46. The SMILES string of the molecule is C[C@@H]1Cc2c(C(=O)N(CCn3ccnc3)Cc3cnn(C)c3)n[nH]c2[C@H](C)O1. The van der Waals surface area contributed by atoms with E-state index in [1.54, 1.807) is 23.4 Å². The third-order valence-electron chi connectivity index (χ3n) is 5.04. The number of carbonyl (C=O) groups is 1. The van der Waals surface area contributed by atoms with Crippen LogP contribution in [0.5, 0.6) is 0 Å². The number of aryl methyl sites for hydroxylation is 1. The molecule has 0 saturated carbocycles. The third-order valence-corrected chi connectivity index (χ3v) is 5.04. The van der Waals surface area contributed by atoms with Crippen LogP contribution in [-0.4, -0.2) is 53.0 Å². The molecule has 28 heavy (non-hydrogen) atoms. The molecule has 9 nitrogen and oxygen atoms in total. The molecule has 1 N–H and O–H groups in total. The van der Waals surface area contributed by atoms with Gasteiger partial charge in [0.15, 0.2) is 5.69 Å². The molecular formula is C19H25N7O2. The van der Waals surface area contributed by atoms with Crippen molar-refractivity contribution >= 4 is 5.91 Å². The van der Waals surface area contributed by atoms with Gasteiger partial charge in [-0.25, -0.2) is 4.98 Å². The monoisotopic (exact) mass is 383 g/mol. The van der Waals surface area contributed by atoms with E-state index in [1.165, 1.54) is 0 Å². The van der Waals surface area contributed by atoms with E-state index < -0.39 is 0 Å². The van der Waals surface area contributed by atoms with Gasteiger partial charge >= 0.3 is 0 Å². The van der Waals surface area contributed by atoms with Gasteiger partial charge in [-0.3, -0.25) is 14.6 Å². The Morgan fingerprint density at radius 1 is 1.43 bits per heavy atom. The van der Waals surface area contributed by atoms with Crippen LogP contribution in [0.1, 0.15) is 47.3 Å². The van der Waals surface area contributed by atoms with Gasteiger partial charge in [-0.05, 0) is 13.8 Å². The van der Waals surface area contributed by atoms with E-state index in [0.717, 1.165) is 16.8 Å². The number of imidazole rings is 1. The first kappa shape index (κ1) is 18.4. The Morgan fingerprint density at radius 3 is 3.00 bits per heavy atom. The first-order valence-corrected chi connectivity index (χ1v) is 9.46. The van der Waals surface area contributed by atoms with Crippen LogP contribution in [0.4, 0.5) is 0 Å². The van der Waals surface area contributed by atoms with Crippen LogP contribution in [0.25, 0.3) is 0 Å². The highest BCUT2D eigenvalue weighted by Gasteiger charge is 2.31. The summed E-state index contributed by atoms with van der Waals surface area (Å²) in [5.41, 5.74) is 3.34. The van der Waals surface area contributed by atoms with Crippen molar-refractivity contribution in [2.24, 2.45) is 7.05 Å². The largest absolute Gasteiger partial charge is 0.369 e. The molecule has 0 fully saturated rings. The maximum absolute atomic E-state index is 13.4. The molecule has 0 unspecified atom stereocenters. The number of rotatable bonds is 6. The molecule has 148 valence electrons. The smallest absolute Gasteiger partial charge is 0.275 e. The van der Waals surface area contributed by atoms with E-state index in [0.29, 0.717) is 31.7 Å². The van der Waals surface area contributed by atoms with Crippen LogP contribution >= 0.6 is 0 Å². The van der Waals surface area contributed by atoms with Crippen molar-refractivity contribution < 1.29 is 9.53 Å². The highest BCUT2D eigenvalue weighted by Crippen LogP contribution is 2.30. The second-order valence-corrected chi connectivity index (χ2v) is 7.31. The standard InChI is InChI=1S/C19H25N7O2/c1-13-8-16-17(14(2)28-13)22-23-18(16)19(27)26(7-6-25-5-4-20-12-25)11-15-9-21-24(3)10-15/h4-5,9-10,12-14H,6-8,11H2,1-3H3,(H,22,23)/t13-,14+/m1/s1. The number of ether oxygens (including phenoxy) is 1. The summed E-state index contributed by atoms with van der Waals surface area (Å²) in [6.45, 7) is 5.69. The van der Waals surface area contributed by atoms with Crippen molar-refractivity contribution in [2.75, 3.05) is 6.54 Å². The number of aromatic amines is 1. The summed E-state index contributed by atoms with van der Waals surface area (Å²) >= 11 is 0. The van der Waals surface area contributed by atoms with Crippen molar-refractivity contribution in [3.63, 3.8) is 0 Å². The number of aromatic nitrogens is 6. The fourth-order valence-corrected chi connectivity index (χ4v) is 3.68. The summed E-state index contributed by atoms with van der Waals surface area (Å²) in [4.78, 5) is 19.3. The molecule has 0 spiro atoms. The minimum absolute atomic E-state index is 0.0596. The minimum Gasteiger partial charge on any atom is -0.369 e. The molecule has 0 radical (unpaired) electrons. The zero-order valence-corrected chi connectivity index (χ0v) is 16.4. The van der Waals surface area contributed by atoms with Gasteiger partial charge in [0, 0.05) is 62.8 Å². The van der Waals surface area contributed by atoms with E-state index in [1.807, 2.05) is 42.8 Å². The summed E-state index contributed by atoms with van der Waals surface area (Å²) in [5, 5.41) is 11.6. The minimum atomic E-state index is -0.0921. The molecule has 2 atom stereocenters. The summed E-state index contributed by atoms with van der Waals surface area (Å²) < 4.78 is 9.54. The summed E-state index contributed by atoms with van der Waals surface area (Å²) in [7, 11) is 1.87. The maximum Gasteiger partial charge on any atom is 0.275 e. The van der Waals surface area contributed by atoms with Crippen LogP contribution in [-0.2, 0) is 31.3 Å². The lowest BCUT2D eigenvalue weighted by molar-refractivity contribution is -0.00702. The lowest BCUT2D eigenvalue weighted by Crippen LogP contribution is -2.34. The van der Waals surface area contributed by atoms with E-state index in [-0.39, 0.29) is 18.1 Å². The number of nitrogens with one attached hydrogen (secondary N) is 1. The quantitative estimate of drug-likeness (QED) is 0.699. The van der Waals surface area contributed by atoms with Crippen molar-refractivity contribution in [1.82, 2.24) is 34.4 Å². The number of hydrogen-bond acceptors (Lipinski definition) is 5. The fourth-order valence-electron chi connectivity index (χ4n) is 3.68. The average molecular weight is 383 g/mol. The Hall–Kier alpha value is -2.94. The van der Waals surface area contributed by atoms with E-state index in [2.05, 4.69) is 20.3 Å². The third kappa shape index (κ3) is 3.70. The molecule has 4 rings (SSSR count). The zero-order chi connectivity index (χ0) is 19.7. The van der Waals surface area contributed by atoms with Gasteiger partial charge in [-0.15, -0.1) is 0 Å². The summed E-state index contributed by atoms with van der Waals surface area (Å²) in [6.07, 6.45) is 9.74. The Bertz CT molecular complexity index is 944. The van der Waals surface area contributed by atoms with Gasteiger partial charge in [0.05, 0.1) is 30.4 Å². The van der Waals surface area contributed by atoms with Crippen molar-refractivity contribution in [1.29, 1.82) is 0 Å². The Balaban J connectivity index is 1.59. The summed E-state index contributed by atoms with van der Waals surface area (Å²) in [6, 6.07) is 0. The molecule has 4 heterocycles. The van der Waals surface area contributed by atoms with E-state index in [9.17, 15) is 4.79 Å². The van der Waals surface area contributed by atoms with Gasteiger partial charge in [-0.2, -0.15) is 10.2 Å². The van der Waals surface area contributed by atoms with Crippen LogP contribution in [0.15, 0.2) is 31.1 Å². The molecule has 0 bridgehead atoms. The van der Waals surface area contributed by atoms with Crippen molar-refractivity contribution in [3.8, 4) is 0 Å². The van der Waals surface area contributed by atoms with Crippen LogP contribution in [0, 0.1) is 0 Å². The van der Waals surface area contributed by atoms with Crippen molar-refractivity contribution in [2.45, 2.75) is 45.6 Å². The van der Waals surface area contributed by atoms with E-state index >= 15 is 0 Å². The van der Waals surface area contributed by atoms with Gasteiger partial charge in [0.25, 0.3) is 5.91 Å². The number of H-pyrrole nitrogens is 1. The first-order chi connectivity index (χ1) is 13.5. The predicted molar refractivity (Wildman–Crippen MR) is 101 cm³/mol. The topological polar surface area (TPSA) is 93.9 Å². The molecule has 3 aromatic heterocycles. The molecule has 1 aliphatic rings. The number of hydrogen-bond donors (Lipinski definition) is 1. The Kier molecular flexibility index (Phi) is 4.99. The lowest BCUT2D eigenvalue weighted by atomic mass is 9.99. The van der Waals surface area contributed by atoms with Gasteiger partial charge < -0.3 is 14.2 Å². The molecular weight excluding hydrogens is 358 g/mol. The molecule has 1 amide bonds. The highest BCUT2D eigenvalue weighted by molar-refractivity contribution is 5.94. The zero-order valence-electron chi connectivity index (χ0n) is 16.4. The van der Waals surface area contributed by atoms with Crippen LogP contribution in [0.3, 0.4) is 0 Å². The second-order valence-electron chi connectivity index (χ2n) is 7.31. The summed E-state index contributed by atoms with van der Waals surface area (Å²) in [5.74, 6) is -0.0808. The van der Waals surface area contributed by atoms with Crippen LogP contribution in [0.2, 0.25) is 0 Å². The normalized spacial score (nSPS) is 18.8. The van der Waals surface area contributed by atoms with Crippen LogP contribution < -0.4 is 0 Å². The van der Waals surface area contributed by atoms with Gasteiger partial charge in [-0.1, -0.05) is 0 Å². The molecule has 0 aromatic carbocycles. The fraction of sp³-hybridized carbons (Fsp3) is 0.474. The lowest BCUT2D eigenvalue weighted by Gasteiger charge is -2.26. The maximum atomic E-state index is 13.4. The molecule has 9 heteroatoms. The molecule has 3 aromatic rings. The van der Waals surface area contributed by atoms with Crippen molar-refractivity contribution in [3.05, 3.63) is 53.6 Å². The molecule has 1 aliphatic heterocycles. The second kappa shape index (κ2) is 7.59. The van der Waals surface area contributed by atoms with Gasteiger partial charge in [0.1, 0.15) is 0 Å². The highest BCUT2D eigenvalue weighted by atomic mass is 16.5. The van der Waals surface area contributed by atoms with Gasteiger partial charge in [0.2, 0.25) is 0 Å². The van der Waals surface area contributed by atoms with E-state index in [4.69, 9.17) is 4.74 Å². The number of amides is 1. The molecule has 0 aliphatic carbocycles. The Morgan fingerprint density at radius 2 is 2.29 bits per heavy atom.